The second-order valence-corrected chi connectivity index (χ2v) is 10.3. The summed E-state index contributed by atoms with van der Waals surface area (Å²) in [5.41, 5.74) is 1.73. The monoisotopic (exact) mass is 531 g/mol. The molecule has 3 amide bonds. The first-order valence-corrected chi connectivity index (χ1v) is 13.2. The highest BCUT2D eigenvalue weighted by Crippen LogP contribution is 2.28. The molecule has 3 atom stereocenters. The molecule has 1 aromatic rings. The van der Waals surface area contributed by atoms with Gasteiger partial charge in [0, 0.05) is 13.1 Å². The maximum absolute atomic E-state index is 14.1. The first kappa shape index (κ1) is 32.7. The third-order valence-corrected chi connectivity index (χ3v) is 6.19. The average Bonchev–Trinajstić information content (AvgIpc) is 2.83. The van der Waals surface area contributed by atoms with E-state index >= 15 is 0 Å². The summed E-state index contributed by atoms with van der Waals surface area (Å²) in [7, 11) is 0. The molecule has 0 saturated heterocycles. The minimum Gasteiger partial charge on any atom is -0.466 e. The zero-order chi connectivity index (χ0) is 29.0. The fourth-order valence-electron chi connectivity index (χ4n) is 3.90. The van der Waals surface area contributed by atoms with E-state index in [1.807, 2.05) is 39.8 Å². The van der Waals surface area contributed by atoms with E-state index in [2.05, 4.69) is 17.2 Å². The smallest absolute Gasteiger partial charge is 0.408 e. The Labute approximate surface area is 227 Å². The number of carbonyl (C=O) groups excluding carboxylic acids is 4. The van der Waals surface area contributed by atoms with Gasteiger partial charge in [0.05, 0.1) is 13.0 Å². The summed E-state index contributed by atoms with van der Waals surface area (Å²) in [6, 6.07) is 3.61. The van der Waals surface area contributed by atoms with E-state index in [9.17, 15) is 19.2 Å². The minimum atomic E-state index is -1.02. The molecule has 0 aliphatic carbocycles. The van der Waals surface area contributed by atoms with Gasteiger partial charge in [-0.05, 0) is 64.2 Å². The number of hydrogen-bond acceptors (Lipinski definition) is 6. The Kier molecular flexibility index (Phi) is 13.0. The molecule has 0 bridgehead atoms. The highest BCUT2D eigenvalue weighted by molar-refractivity contribution is 5.92. The zero-order valence-electron chi connectivity index (χ0n) is 24.2. The Balaban J connectivity index is 3.47. The Morgan fingerprint density at radius 3 is 2.34 bits per heavy atom. The number of aryl methyl sites for hydroxylation is 1. The second-order valence-electron chi connectivity index (χ2n) is 10.3. The van der Waals surface area contributed by atoms with Gasteiger partial charge < -0.3 is 25.0 Å². The summed E-state index contributed by atoms with van der Waals surface area (Å²) in [6.45, 7) is 18.7. The van der Waals surface area contributed by atoms with Crippen molar-refractivity contribution in [2.45, 2.75) is 85.9 Å². The van der Waals surface area contributed by atoms with Crippen molar-refractivity contribution >= 4 is 23.9 Å². The van der Waals surface area contributed by atoms with Crippen molar-refractivity contribution in [2.75, 3.05) is 19.7 Å². The lowest BCUT2D eigenvalue weighted by Crippen LogP contribution is -2.55. The summed E-state index contributed by atoms with van der Waals surface area (Å²) in [6.07, 6.45) is 1.44. The quantitative estimate of drug-likeness (QED) is 0.289. The number of rotatable bonds is 13. The SMILES string of the molecule is C=CCN(C(=O)C(NC(=O)OC(C)(C)C)C(C)CC)C(C(=O)NCCC(=O)OCC)c1cccc(C)c1C. The van der Waals surface area contributed by atoms with Crippen LogP contribution in [0.5, 0.6) is 0 Å². The third-order valence-electron chi connectivity index (χ3n) is 6.19. The summed E-state index contributed by atoms with van der Waals surface area (Å²) >= 11 is 0. The summed E-state index contributed by atoms with van der Waals surface area (Å²) in [4.78, 5) is 53.6. The molecule has 38 heavy (non-hydrogen) atoms. The normalized spacial score (nSPS) is 13.5. The first-order valence-electron chi connectivity index (χ1n) is 13.2. The van der Waals surface area contributed by atoms with Crippen LogP contribution in [0, 0.1) is 19.8 Å². The fraction of sp³-hybridized carbons (Fsp3) is 0.586. The van der Waals surface area contributed by atoms with Gasteiger partial charge in [-0.1, -0.05) is 44.5 Å². The second kappa shape index (κ2) is 15.1. The number of hydrogen-bond donors (Lipinski definition) is 2. The largest absolute Gasteiger partial charge is 0.466 e. The number of nitrogens with one attached hydrogen (secondary N) is 2. The van der Waals surface area contributed by atoms with Crippen LogP contribution < -0.4 is 10.6 Å². The number of esters is 1. The standard InChI is InChI=1S/C29H45N3O6/c1-10-18-32(27(35)24(19(4)11-2)31-28(36)38-29(7,8)9)25(22-15-13-14-20(5)21(22)6)26(34)30-17-16-23(33)37-12-3/h10,13-15,19,24-25H,1,11-12,16-18H2,2-9H3,(H,30,34)(H,31,36). The predicted octanol–water partition coefficient (Wildman–Crippen LogP) is 4.37. The third kappa shape index (κ3) is 9.84. The molecule has 2 N–H and O–H groups in total. The molecule has 0 radical (unpaired) electrons. The molecule has 3 unspecified atom stereocenters. The molecule has 0 aliphatic heterocycles. The molecule has 0 heterocycles. The highest BCUT2D eigenvalue weighted by Gasteiger charge is 2.38. The van der Waals surface area contributed by atoms with E-state index in [1.54, 1.807) is 39.8 Å². The number of carbonyl (C=O) groups is 4. The highest BCUT2D eigenvalue weighted by atomic mass is 16.6. The van der Waals surface area contributed by atoms with Crippen molar-refractivity contribution in [3.8, 4) is 0 Å². The van der Waals surface area contributed by atoms with Crippen LogP contribution in [0.3, 0.4) is 0 Å². The molecule has 0 aromatic heterocycles. The van der Waals surface area contributed by atoms with Crippen molar-refractivity contribution in [2.24, 2.45) is 5.92 Å². The average molecular weight is 532 g/mol. The predicted molar refractivity (Wildman–Crippen MR) is 147 cm³/mol. The molecule has 9 heteroatoms. The van der Waals surface area contributed by atoms with Crippen molar-refractivity contribution in [1.29, 1.82) is 0 Å². The molecule has 1 rings (SSSR count). The number of alkyl carbamates (subject to hydrolysis) is 1. The maximum atomic E-state index is 14.1. The fourth-order valence-corrected chi connectivity index (χ4v) is 3.90. The van der Waals surface area contributed by atoms with E-state index in [-0.39, 0.29) is 32.0 Å². The molecular formula is C29H45N3O6. The van der Waals surface area contributed by atoms with Crippen molar-refractivity contribution in [3.05, 3.63) is 47.5 Å². The lowest BCUT2D eigenvalue weighted by Gasteiger charge is -2.36. The summed E-state index contributed by atoms with van der Waals surface area (Å²) in [5.74, 6) is -1.54. The van der Waals surface area contributed by atoms with Gasteiger partial charge in [0.1, 0.15) is 17.7 Å². The van der Waals surface area contributed by atoms with Gasteiger partial charge in [0.15, 0.2) is 0 Å². The Hall–Kier alpha value is -3.36. The molecule has 1 aromatic carbocycles. The molecular weight excluding hydrogens is 486 g/mol. The summed E-state index contributed by atoms with van der Waals surface area (Å²) in [5, 5.41) is 5.51. The van der Waals surface area contributed by atoms with Gasteiger partial charge in [0.25, 0.3) is 0 Å². The number of amides is 3. The van der Waals surface area contributed by atoms with Crippen molar-refractivity contribution in [1.82, 2.24) is 15.5 Å². The van der Waals surface area contributed by atoms with E-state index in [0.717, 1.165) is 11.1 Å². The van der Waals surface area contributed by atoms with Gasteiger partial charge in [-0.15, -0.1) is 6.58 Å². The van der Waals surface area contributed by atoms with Crippen LogP contribution in [0.4, 0.5) is 4.79 Å². The van der Waals surface area contributed by atoms with E-state index in [1.165, 1.54) is 4.90 Å². The Morgan fingerprint density at radius 2 is 1.79 bits per heavy atom. The van der Waals surface area contributed by atoms with Crippen molar-refractivity contribution in [3.63, 3.8) is 0 Å². The van der Waals surface area contributed by atoms with E-state index < -0.39 is 41.6 Å². The van der Waals surface area contributed by atoms with Gasteiger partial charge in [-0.3, -0.25) is 14.4 Å². The molecule has 9 nitrogen and oxygen atoms in total. The summed E-state index contributed by atoms with van der Waals surface area (Å²) < 4.78 is 10.4. The van der Waals surface area contributed by atoms with Crippen molar-refractivity contribution < 1.29 is 28.7 Å². The number of nitrogens with zero attached hydrogens (tertiary/aromatic N) is 1. The van der Waals surface area contributed by atoms with Crippen LogP contribution in [0.15, 0.2) is 30.9 Å². The van der Waals surface area contributed by atoms with Gasteiger partial charge in [-0.2, -0.15) is 0 Å². The van der Waals surface area contributed by atoms with Gasteiger partial charge >= 0.3 is 12.1 Å². The zero-order valence-corrected chi connectivity index (χ0v) is 24.2. The van der Waals surface area contributed by atoms with E-state index in [4.69, 9.17) is 9.47 Å². The van der Waals surface area contributed by atoms with Crippen LogP contribution in [0.2, 0.25) is 0 Å². The lowest BCUT2D eigenvalue weighted by atomic mass is 9.93. The van der Waals surface area contributed by atoms with Gasteiger partial charge in [0.2, 0.25) is 11.8 Å². The first-order chi connectivity index (χ1) is 17.8. The van der Waals surface area contributed by atoms with Gasteiger partial charge in [-0.25, -0.2) is 4.79 Å². The maximum Gasteiger partial charge on any atom is 0.408 e. The molecule has 0 spiro atoms. The molecule has 212 valence electrons. The Bertz CT molecular complexity index is 985. The lowest BCUT2D eigenvalue weighted by molar-refractivity contribution is -0.144. The van der Waals surface area contributed by atoms with Crippen LogP contribution in [0.1, 0.15) is 77.1 Å². The van der Waals surface area contributed by atoms with Crippen LogP contribution in [0.25, 0.3) is 0 Å². The number of ether oxygens (including phenoxy) is 2. The van der Waals surface area contributed by atoms with E-state index in [0.29, 0.717) is 12.0 Å². The molecule has 0 saturated carbocycles. The van der Waals surface area contributed by atoms with Crippen LogP contribution in [-0.4, -0.2) is 60.1 Å². The Morgan fingerprint density at radius 1 is 1.13 bits per heavy atom. The van der Waals surface area contributed by atoms with Crippen LogP contribution in [-0.2, 0) is 23.9 Å². The molecule has 0 aliphatic rings. The minimum absolute atomic E-state index is 0.00416. The van der Waals surface area contributed by atoms with Crippen LogP contribution >= 0.6 is 0 Å². The molecule has 0 fully saturated rings. The topological polar surface area (TPSA) is 114 Å². The number of benzene rings is 1.